The lowest BCUT2D eigenvalue weighted by Gasteiger charge is -2.42. The van der Waals surface area contributed by atoms with Crippen LogP contribution < -0.4 is 0 Å². The minimum Gasteiger partial charge on any atom is -0.457 e. The van der Waals surface area contributed by atoms with Gasteiger partial charge in [0.25, 0.3) is 0 Å². The summed E-state index contributed by atoms with van der Waals surface area (Å²) in [6.45, 7) is 3.56. The molecule has 11 unspecified atom stereocenters. The van der Waals surface area contributed by atoms with Crippen LogP contribution in [0, 0.1) is 0 Å². The molecule has 2 fully saturated rings. The Kier molecular flexibility index (Phi) is 48.3. The molecule has 0 aliphatic carbocycles. The molecule has 81 heavy (non-hydrogen) atoms. The van der Waals surface area contributed by atoms with Crippen LogP contribution >= 0.6 is 0 Å². The molecule has 2 saturated heterocycles. The van der Waals surface area contributed by atoms with Crippen LogP contribution in [0.5, 0.6) is 0 Å². The SMILES string of the molecule is CC/C=C\C/C=C\C/C=C\C/C=C\CCCCCCCCCCCCC(=O)OC(COCCCCCCCCCCC/C=C\C/C=C\C/C=C\CCCCCCC)COC1OC(COC2OC(CO)C(O)C(O)C2O)C(O)C(O)C1O. The highest BCUT2D eigenvalue weighted by Gasteiger charge is 2.47. The first-order valence-corrected chi connectivity index (χ1v) is 32.2. The fraction of sp³-hybridized carbons (Fsp3) is 0.776. The Morgan fingerprint density at radius 3 is 1.26 bits per heavy atom. The van der Waals surface area contributed by atoms with E-state index in [4.69, 9.17) is 28.4 Å². The molecule has 0 amide bonds. The standard InChI is InChI=1S/C67H116O14/c1-3-5-7-9-11-13-15-17-19-21-23-25-27-29-31-33-35-37-39-41-43-45-47-49-51-76-53-56(54-77-66-65(75)63(73)61(71)58(81-66)55-78-67-64(74)62(72)60(70)57(52-68)80-67)79-59(69)50-48-46-44-42-40-38-36-34-32-30-28-26-24-22-20-18-16-14-12-10-8-6-4-2/h6,8,12,14-15,17-18,20-21,23-24,26-27,29,56-58,60-68,70-75H,3-5,7,9-11,13,16,19,22,25,28,30-55H2,1-2H3/b8-6-,14-12-,17-15-,20-18-,23-21-,26-24-,29-27-. The third kappa shape index (κ3) is 38.7. The maximum Gasteiger partial charge on any atom is 0.306 e. The number of ether oxygens (including phenoxy) is 6. The summed E-state index contributed by atoms with van der Waals surface area (Å²) in [4.78, 5) is 13.1. The van der Waals surface area contributed by atoms with Crippen molar-refractivity contribution >= 4 is 5.97 Å². The van der Waals surface area contributed by atoms with Gasteiger partial charge in [-0.1, -0.05) is 221 Å². The molecule has 468 valence electrons. The first-order chi connectivity index (χ1) is 39.6. The van der Waals surface area contributed by atoms with Gasteiger partial charge in [-0.2, -0.15) is 0 Å². The average molecular weight is 1150 g/mol. The van der Waals surface area contributed by atoms with Gasteiger partial charge in [0.2, 0.25) is 0 Å². The summed E-state index contributed by atoms with van der Waals surface area (Å²) >= 11 is 0. The number of carbonyl (C=O) groups excluding carboxylic acids is 1. The van der Waals surface area contributed by atoms with E-state index < -0.39 is 80.7 Å². The van der Waals surface area contributed by atoms with Gasteiger partial charge in [-0.05, 0) is 89.9 Å². The van der Waals surface area contributed by atoms with Crippen LogP contribution in [0.4, 0.5) is 0 Å². The topological polar surface area (TPSA) is 214 Å². The van der Waals surface area contributed by atoms with Crippen molar-refractivity contribution in [1.82, 2.24) is 0 Å². The number of hydrogen-bond donors (Lipinski definition) is 7. The smallest absolute Gasteiger partial charge is 0.306 e. The maximum absolute atomic E-state index is 13.1. The molecule has 2 heterocycles. The Morgan fingerprint density at radius 1 is 0.420 bits per heavy atom. The predicted molar refractivity (Wildman–Crippen MR) is 325 cm³/mol. The predicted octanol–water partition coefficient (Wildman–Crippen LogP) is 12.8. The fourth-order valence-corrected chi connectivity index (χ4v) is 9.76. The molecule has 2 aliphatic rings. The van der Waals surface area contributed by atoms with Crippen molar-refractivity contribution in [2.24, 2.45) is 0 Å². The van der Waals surface area contributed by atoms with Crippen molar-refractivity contribution in [3.8, 4) is 0 Å². The highest BCUT2D eigenvalue weighted by atomic mass is 16.7. The minimum absolute atomic E-state index is 0.0522. The molecule has 0 bridgehead atoms. The van der Waals surface area contributed by atoms with E-state index in [0.29, 0.717) is 13.0 Å². The number of allylic oxidation sites excluding steroid dienone is 14. The van der Waals surface area contributed by atoms with Gasteiger partial charge in [-0.25, -0.2) is 0 Å². The second-order valence-electron chi connectivity index (χ2n) is 22.2. The van der Waals surface area contributed by atoms with Gasteiger partial charge in [-0.3, -0.25) is 4.79 Å². The van der Waals surface area contributed by atoms with Gasteiger partial charge in [0.15, 0.2) is 12.6 Å². The third-order valence-corrected chi connectivity index (χ3v) is 14.9. The van der Waals surface area contributed by atoms with Gasteiger partial charge < -0.3 is 64.2 Å². The Balaban J connectivity index is 1.68. The number of hydrogen-bond acceptors (Lipinski definition) is 14. The molecule has 2 rings (SSSR count). The number of aliphatic hydroxyl groups excluding tert-OH is 7. The summed E-state index contributed by atoms with van der Waals surface area (Å²) in [5.74, 6) is -0.384. The summed E-state index contributed by atoms with van der Waals surface area (Å²) in [5, 5.41) is 72.5. The van der Waals surface area contributed by atoms with E-state index in [1.165, 1.54) is 116 Å². The fourth-order valence-electron chi connectivity index (χ4n) is 9.76. The summed E-state index contributed by atoms with van der Waals surface area (Å²) in [6.07, 6.45) is 53.5. The number of aliphatic hydroxyl groups is 7. The van der Waals surface area contributed by atoms with E-state index in [2.05, 4.69) is 98.9 Å². The second kappa shape index (κ2) is 52.7. The number of esters is 1. The van der Waals surface area contributed by atoms with Crippen LogP contribution in [-0.4, -0.2) is 142 Å². The van der Waals surface area contributed by atoms with Gasteiger partial charge in [-0.15, -0.1) is 0 Å². The molecule has 0 aromatic carbocycles. The van der Waals surface area contributed by atoms with Crippen molar-refractivity contribution in [3.05, 3.63) is 85.1 Å². The molecule has 14 nitrogen and oxygen atoms in total. The zero-order valence-corrected chi connectivity index (χ0v) is 50.5. The van der Waals surface area contributed by atoms with Crippen molar-refractivity contribution in [2.75, 3.05) is 33.0 Å². The van der Waals surface area contributed by atoms with Crippen LogP contribution in [0.3, 0.4) is 0 Å². The first-order valence-electron chi connectivity index (χ1n) is 32.2. The lowest BCUT2D eigenvalue weighted by atomic mass is 9.98. The monoisotopic (exact) mass is 1140 g/mol. The molecule has 0 saturated carbocycles. The average Bonchev–Trinajstić information content (AvgIpc) is 3.46. The van der Waals surface area contributed by atoms with Crippen LogP contribution in [0.25, 0.3) is 0 Å². The Bertz CT molecular complexity index is 1660. The maximum atomic E-state index is 13.1. The van der Waals surface area contributed by atoms with Crippen molar-refractivity contribution < 1.29 is 69.0 Å². The lowest BCUT2D eigenvalue weighted by Crippen LogP contribution is -2.61. The van der Waals surface area contributed by atoms with Crippen LogP contribution in [0.1, 0.15) is 232 Å². The van der Waals surface area contributed by atoms with E-state index in [0.717, 1.165) is 89.9 Å². The zero-order valence-electron chi connectivity index (χ0n) is 50.5. The zero-order chi connectivity index (χ0) is 58.6. The first kappa shape index (κ1) is 74.3. The molecule has 0 aromatic rings. The Morgan fingerprint density at radius 2 is 0.802 bits per heavy atom. The summed E-state index contributed by atoms with van der Waals surface area (Å²) in [7, 11) is 0. The van der Waals surface area contributed by atoms with Gasteiger partial charge in [0, 0.05) is 13.0 Å². The number of rotatable bonds is 52. The van der Waals surface area contributed by atoms with Crippen LogP contribution in [0.2, 0.25) is 0 Å². The molecule has 11 atom stereocenters. The molecular weight excluding hydrogens is 1030 g/mol. The Labute approximate surface area is 490 Å². The van der Waals surface area contributed by atoms with Gasteiger partial charge in [0.1, 0.15) is 54.9 Å². The van der Waals surface area contributed by atoms with E-state index in [1.807, 2.05) is 0 Å². The van der Waals surface area contributed by atoms with Crippen molar-refractivity contribution in [1.29, 1.82) is 0 Å². The van der Waals surface area contributed by atoms with E-state index in [-0.39, 0.29) is 25.6 Å². The summed E-state index contributed by atoms with van der Waals surface area (Å²) < 4.78 is 34.5. The van der Waals surface area contributed by atoms with E-state index in [9.17, 15) is 40.5 Å². The third-order valence-electron chi connectivity index (χ3n) is 14.9. The van der Waals surface area contributed by atoms with E-state index in [1.54, 1.807) is 0 Å². The van der Waals surface area contributed by atoms with Crippen molar-refractivity contribution in [3.63, 3.8) is 0 Å². The van der Waals surface area contributed by atoms with Crippen LogP contribution in [-0.2, 0) is 33.2 Å². The molecular formula is C67H116O14. The number of carbonyl (C=O) groups is 1. The molecule has 0 radical (unpaired) electrons. The van der Waals surface area contributed by atoms with Crippen molar-refractivity contribution in [2.45, 2.75) is 300 Å². The lowest BCUT2D eigenvalue weighted by molar-refractivity contribution is -0.332. The Hall–Kier alpha value is -2.83. The molecule has 7 N–H and O–H groups in total. The molecule has 2 aliphatic heterocycles. The summed E-state index contributed by atoms with van der Waals surface area (Å²) in [5.41, 5.74) is 0. The minimum atomic E-state index is -1.71. The molecule has 0 aromatic heterocycles. The number of unbranched alkanes of at least 4 members (excludes halogenated alkanes) is 24. The van der Waals surface area contributed by atoms with E-state index >= 15 is 0 Å². The highest BCUT2D eigenvalue weighted by molar-refractivity contribution is 5.69. The van der Waals surface area contributed by atoms with Gasteiger partial charge in [0.05, 0.1) is 26.4 Å². The van der Waals surface area contributed by atoms with Gasteiger partial charge >= 0.3 is 5.97 Å². The quantitative estimate of drug-likeness (QED) is 0.0172. The largest absolute Gasteiger partial charge is 0.457 e. The van der Waals surface area contributed by atoms with Crippen LogP contribution in [0.15, 0.2) is 85.1 Å². The molecule has 0 spiro atoms. The normalized spacial score (nSPS) is 24.3. The summed E-state index contributed by atoms with van der Waals surface area (Å²) in [6, 6.07) is 0. The highest BCUT2D eigenvalue weighted by Crippen LogP contribution is 2.27. The second-order valence-corrected chi connectivity index (χ2v) is 22.2. The molecule has 14 heteroatoms.